The number of phenolic OH excluding ortho intramolecular Hbond substituents is 1. The highest BCUT2D eigenvalue weighted by molar-refractivity contribution is 5.85. The monoisotopic (exact) mass is 214 g/mol. The Morgan fingerprint density at radius 1 is 1.50 bits per heavy atom. The van der Waals surface area contributed by atoms with Crippen molar-refractivity contribution < 1.29 is 5.11 Å². The van der Waals surface area contributed by atoms with E-state index in [4.69, 9.17) is 11.5 Å². The van der Waals surface area contributed by atoms with Gasteiger partial charge in [0.1, 0.15) is 5.75 Å². The molecule has 5 N–H and O–H groups in total. The molecule has 1 rings (SSSR count). The molecule has 0 bridgehead atoms. The first kappa shape index (κ1) is 12.8. The summed E-state index contributed by atoms with van der Waals surface area (Å²) in [5.41, 5.74) is 13.2. The second-order valence-corrected chi connectivity index (χ2v) is 3.00. The fourth-order valence-corrected chi connectivity index (χ4v) is 1.26. The molecule has 4 heteroatoms. The van der Waals surface area contributed by atoms with Crippen molar-refractivity contribution in [1.29, 1.82) is 0 Å². The largest absolute Gasteiger partial charge is 0.505 e. The molecule has 0 fully saturated rings. The van der Waals surface area contributed by atoms with Crippen molar-refractivity contribution >= 4 is 18.1 Å². The molecular weight excluding hydrogens is 200 g/mol. The Morgan fingerprint density at radius 3 is 2.57 bits per heavy atom. The van der Waals surface area contributed by atoms with Crippen molar-refractivity contribution in [2.75, 3.05) is 5.73 Å². The first-order chi connectivity index (χ1) is 6.07. The van der Waals surface area contributed by atoms with E-state index in [-0.39, 0.29) is 24.2 Å². The summed E-state index contributed by atoms with van der Waals surface area (Å²) in [5.74, 6) is 0.0624. The van der Waals surface area contributed by atoms with Crippen LogP contribution >= 0.6 is 12.4 Å². The van der Waals surface area contributed by atoms with E-state index < -0.39 is 0 Å². The van der Waals surface area contributed by atoms with Gasteiger partial charge in [0, 0.05) is 5.56 Å². The van der Waals surface area contributed by atoms with Crippen molar-refractivity contribution in [2.24, 2.45) is 5.73 Å². The van der Waals surface area contributed by atoms with Crippen LogP contribution < -0.4 is 11.5 Å². The summed E-state index contributed by atoms with van der Waals surface area (Å²) in [6.45, 7) is 5.44. The number of anilines is 1. The third kappa shape index (κ3) is 2.19. The fourth-order valence-electron chi connectivity index (χ4n) is 1.26. The molecule has 0 aliphatic carbocycles. The van der Waals surface area contributed by atoms with Crippen LogP contribution in [0.25, 0.3) is 0 Å². The third-order valence-corrected chi connectivity index (χ3v) is 2.05. The molecule has 3 nitrogen and oxygen atoms in total. The van der Waals surface area contributed by atoms with Crippen LogP contribution in [0.4, 0.5) is 5.69 Å². The van der Waals surface area contributed by atoms with Crippen molar-refractivity contribution in [2.45, 2.75) is 13.0 Å². The van der Waals surface area contributed by atoms with Crippen molar-refractivity contribution in [3.63, 3.8) is 0 Å². The number of rotatable bonds is 2. The Morgan fingerprint density at radius 2 is 2.07 bits per heavy atom. The van der Waals surface area contributed by atoms with Crippen LogP contribution in [-0.4, -0.2) is 5.11 Å². The summed E-state index contributed by atoms with van der Waals surface area (Å²) in [5, 5.41) is 9.63. The summed E-state index contributed by atoms with van der Waals surface area (Å²) in [7, 11) is 0. The number of hydrogen-bond donors (Lipinski definition) is 3. The van der Waals surface area contributed by atoms with Gasteiger partial charge in [-0.1, -0.05) is 12.1 Å². The molecule has 0 aliphatic rings. The molecule has 0 aliphatic heterocycles. The van der Waals surface area contributed by atoms with Gasteiger partial charge in [0.05, 0.1) is 11.7 Å². The molecule has 1 aromatic rings. The van der Waals surface area contributed by atoms with E-state index in [1.165, 1.54) is 0 Å². The average molecular weight is 215 g/mol. The van der Waals surface area contributed by atoms with E-state index in [0.29, 0.717) is 11.3 Å². The lowest BCUT2D eigenvalue weighted by atomic mass is 10.00. The van der Waals surface area contributed by atoms with Gasteiger partial charge in [-0.25, -0.2) is 0 Å². The number of benzene rings is 1. The number of phenols is 1. The molecule has 0 radical (unpaired) electrons. The number of hydrogen-bond acceptors (Lipinski definition) is 3. The van der Waals surface area contributed by atoms with E-state index in [1.54, 1.807) is 12.1 Å². The zero-order valence-corrected chi connectivity index (χ0v) is 8.84. The standard InChI is InChI=1S/C10H14N2O.ClH/c1-3-7(11)9-6(2)4-5-8(12)10(9)13;/h3-5,7,13H,1,11-12H2,2H3;1H/t7-;/m1./s1. The molecule has 0 spiro atoms. The normalized spacial score (nSPS) is 11.6. The van der Waals surface area contributed by atoms with Gasteiger partial charge in [0.2, 0.25) is 0 Å². The van der Waals surface area contributed by atoms with Gasteiger partial charge in [-0.3, -0.25) is 0 Å². The Hall–Kier alpha value is -1.19. The van der Waals surface area contributed by atoms with E-state index in [2.05, 4.69) is 6.58 Å². The van der Waals surface area contributed by atoms with E-state index in [9.17, 15) is 5.11 Å². The van der Waals surface area contributed by atoms with Gasteiger partial charge in [-0.15, -0.1) is 19.0 Å². The lowest BCUT2D eigenvalue weighted by Crippen LogP contribution is -2.09. The van der Waals surface area contributed by atoms with Gasteiger partial charge in [0.15, 0.2) is 0 Å². The molecule has 0 aromatic heterocycles. The van der Waals surface area contributed by atoms with Gasteiger partial charge in [0.25, 0.3) is 0 Å². The van der Waals surface area contributed by atoms with Crippen LogP contribution in [0.5, 0.6) is 5.75 Å². The highest BCUT2D eigenvalue weighted by Crippen LogP contribution is 2.31. The van der Waals surface area contributed by atoms with Crippen LogP contribution in [0.1, 0.15) is 17.2 Å². The third-order valence-electron chi connectivity index (χ3n) is 2.05. The Labute approximate surface area is 89.8 Å². The molecule has 0 saturated heterocycles. The number of halogens is 1. The Bertz CT molecular complexity index is 339. The molecule has 1 atom stereocenters. The molecule has 1 aromatic carbocycles. The van der Waals surface area contributed by atoms with Gasteiger partial charge < -0.3 is 16.6 Å². The zero-order chi connectivity index (χ0) is 10.0. The molecule has 0 saturated carbocycles. The quantitative estimate of drug-likeness (QED) is 0.400. The summed E-state index contributed by atoms with van der Waals surface area (Å²) in [4.78, 5) is 0. The van der Waals surface area contributed by atoms with Crippen LogP contribution in [0.3, 0.4) is 0 Å². The minimum atomic E-state index is -0.372. The minimum Gasteiger partial charge on any atom is -0.505 e. The van der Waals surface area contributed by atoms with E-state index >= 15 is 0 Å². The summed E-state index contributed by atoms with van der Waals surface area (Å²) in [6.07, 6.45) is 1.57. The lowest BCUT2D eigenvalue weighted by molar-refractivity contribution is 0.468. The summed E-state index contributed by atoms with van der Waals surface area (Å²) >= 11 is 0. The van der Waals surface area contributed by atoms with Gasteiger partial charge >= 0.3 is 0 Å². The van der Waals surface area contributed by atoms with E-state index in [1.807, 2.05) is 13.0 Å². The van der Waals surface area contributed by atoms with Crippen LogP contribution in [0.15, 0.2) is 24.8 Å². The zero-order valence-electron chi connectivity index (χ0n) is 8.03. The number of nitrogen functional groups attached to an aromatic ring is 1. The molecule has 0 amide bonds. The smallest absolute Gasteiger partial charge is 0.143 e. The van der Waals surface area contributed by atoms with Crippen molar-refractivity contribution in [3.8, 4) is 5.75 Å². The molecular formula is C10H15ClN2O. The minimum absolute atomic E-state index is 0. The van der Waals surface area contributed by atoms with Crippen molar-refractivity contribution in [1.82, 2.24) is 0 Å². The fraction of sp³-hybridized carbons (Fsp3) is 0.200. The number of nitrogens with two attached hydrogens (primary N) is 2. The molecule has 0 heterocycles. The number of aryl methyl sites for hydroxylation is 1. The lowest BCUT2D eigenvalue weighted by Gasteiger charge is -2.13. The predicted molar refractivity (Wildman–Crippen MR) is 61.6 cm³/mol. The maximum Gasteiger partial charge on any atom is 0.143 e. The van der Waals surface area contributed by atoms with Crippen LogP contribution in [0, 0.1) is 6.92 Å². The Kier molecular flexibility index (Phi) is 4.47. The molecule has 14 heavy (non-hydrogen) atoms. The van der Waals surface area contributed by atoms with Crippen LogP contribution in [0.2, 0.25) is 0 Å². The summed E-state index contributed by atoms with van der Waals surface area (Å²) in [6, 6.07) is 3.11. The van der Waals surface area contributed by atoms with Crippen LogP contribution in [-0.2, 0) is 0 Å². The second kappa shape index (κ2) is 4.88. The Balaban J connectivity index is 0.00000169. The highest BCUT2D eigenvalue weighted by atomic mass is 35.5. The second-order valence-electron chi connectivity index (χ2n) is 3.00. The first-order valence-electron chi connectivity index (χ1n) is 4.04. The SMILES string of the molecule is C=C[C@@H](N)c1c(C)ccc(N)c1O.Cl. The topological polar surface area (TPSA) is 72.3 Å². The van der Waals surface area contributed by atoms with Crippen molar-refractivity contribution in [3.05, 3.63) is 35.9 Å². The predicted octanol–water partition coefficient (Wildman–Crippen LogP) is 1.89. The number of aromatic hydroxyl groups is 1. The van der Waals surface area contributed by atoms with Gasteiger partial charge in [-0.2, -0.15) is 0 Å². The maximum atomic E-state index is 9.63. The first-order valence-corrected chi connectivity index (χ1v) is 4.04. The molecule has 0 unspecified atom stereocenters. The highest BCUT2D eigenvalue weighted by Gasteiger charge is 2.12. The maximum absolute atomic E-state index is 9.63. The average Bonchev–Trinajstić information content (AvgIpc) is 2.12. The van der Waals surface area contributed by atoms with Gasteiger partial charge in [-0.05, 0) is 18.6 Å². The summed E-state index contributed by atoms with van der Waals surface area (Å²) < 4.78 is 0. The van der Waals surface area contributed by atoms with E-state index in [0.717, 1.165) is 5.56 Å². The molecule has 78 valence electrons.